The van der Waals surface area contributed by atoms with E-state index in [1.165, 1.54) is 5.56 Å². The van der Waals surface area contributed by atoms with Gasteiger partial charge in [-0.05, 0) is 37.1 Å². The number of hydrogen-bond donors (Lipinski definition) is 0. The first-order chi connectivity index (χ1) is 7.76. The Morgan fingerprint density at radius 1 is 1.44 bits per heavy atom. The summed E-state index contributed by atoms with van der Waals surface area (Å²) in [5, 5.41) is 0. The third-order valence-corrected chi connectivity index (χ3v) is 2.16. The van der Waals surface area contributed by atoms with Crippen LogP contribution in [-0.4, -0.2) is 6.61 Å². The van der Waals surface area contributed by atoms with Crippen LogP contribution in [0.15, 0.2) is 60.7 Å². The Balaban J connectivity index is 2.59. The number of rotatable bonds is 5. The molecule has 0 N–H and O–H groups in total. The lowest BCUT2D eigenvalue weighted by Gasteiger charge is -2.06. The molecular weight excluding hydrogens is 196 g/mol. The fourth-order valence-corrected chi connectivity index (χ4v) is 1.27. The maximum absolute atomic E-state index is 5.66. The number of allylic oxidation sites excluding steroid dienone is 3. The fourth-order valence-electron chi connectivity index (χ4n) is 1.27. The lowest BCUT2D eigenvalue weighted by molar-refractivity contribution is 0.355. The van der Waals surface area contributed by atoms with E-state index in [0.717, 1.165) is 11.3 Å². The van der Waals surface area contributed by atoms with Gasteiger partial charge in [0.1, 0.15) is 12.4 Å². The molecule has 0 aromatic heterocycles. The summed E-state index contributed by atoms with van der Waals surface area (Å²) >= 11 is 0. The van der Waals surface area contributed by atoms with Crippen molar-refractivity contribution >= 4 is 0 Å². The maximum atomic E-state index is 5.66. The summed E-state index contributed by atoms with van der Waals surface area (Å²) in [6.07, 6.45) is 7.78. The van der Waals surface area contributed by atoms with Crippen LogP contribution in [0.3, 0.4) is 0 Å². The second-order valence-electron chi connectivity index (χ2n) is 3.58. The number of ether oxygens (including phenoxy) is 1. The molecule has 1 heteroatoms. The highest BCUT2D eigenvalue weighted by atomic mass is 16.5. The van der Waals surface area contributed by atoms with E-state index >= 15 is 0 Å². The van der Waals surface area contributed by atoms with Crippen LogP contribution in [0.2, 0.25) is 0 Å². The molecule has 1 nitrogen and oxygen atoms in total. The zero-order valence-corrected chi connectivity index (χ0v) is 9.94. The third kappa shape index (κ3) is 4.18. The number of hydrogen-bond acceptors (Lipinski definition) is 1. The molecule has 0 saturated heterocycles. The van der Waals surface area contributed by atoms with Gasteiger partial charge in [-0.2, -0.15) is 0 Å². The SMILES string of the molecule is C=C/C(=C\C=C/C)COc1cccc(C)c1. The molecule has 0 unspecified atom stereocenters. The van der Waals surface area contributed by atoms with E-state index in [-0.39, 0.29) is 0 Å². The zero-order chi connectivity index (χ0) is 11.8. The molecule has 84 valence electrons. The van der Waals surface area contributed by atoms with Gasteiger partial charge < -0.3 is 4.74 Å². The standard InChI is InChI=1S/C15H18O/c1-4-6-9-14(5-2)12-16-15-10-7-8-13(3)11-15/h4-11H,2,12H2,1,3H3/b6-4-,14-9+. The average molecular weight is 214 g/mol. The van der Waals surface area contributed by atoms with Crippen LogP contribution in [-0.2, 0) is 0 Å². The van der Waals surface area contributed by atoms with E-state index in [1.807, 2.05) is 49.4 Å². The summed E-state index contributed by atoms with van der Waals surface area (Å²) in [7, 11) is 0. The Morgan fingerprint density at radius 2 is 2.25 bits per heavy atom. The van der Waals surface area contributed by atoms with Gasteiger partial charge in [-0.3, -0.25) is 0 Å². The minimum Gasteiger partial charge on any atom is -0.489 e. The summed E-state index contributed by atoms with van der Waals surface area (Å²) in [4.78, 5) is 0. The molecular formula is C15H18O. The van der Waals surface area contributed by atoms with E-state index in [4.69, 9.17) is 4.74 Å². The van der Waals surface area contributed by atoms with Gasteiger partial charge >= 0.3 is 0 Å². The minimum atomic E-state index is 0.553. The molecule has 0 aliphatic heterocycles. The molecule has 0 aliphatic carbocycles. The molecule has 1 aromatic carbocycles. The van der Waals surface area contributed by atoms with Crippen molar-refractivity contribution in [1.82, 2.24) is 0 Å². The van der Waals surface area contributed by atoms with Crippen molar-refractivity contribution in [2.45, 2.75) is 13.8 Å². The predicted octanol–water partition coefficient (Wildman–Crippen LogP) is 4.06. The molecule has 0 heterocycles. The molecule has 0 radical (unpaired) electrons. The second-order valence-corrected chi connectivity index (χ2v) is 3.58. The molecule has 0 aliphatic rings. The Morgan fingerprint density at radius 3 is 2.88 bits per heavy atom. The molecule has 1 aromatic rings. The summed E-state index contributed by atoms with van der Waals surface area (Å²) in [5.74, 6) is 0.897. The first-order valence-electron chi connectivity index (χ1n) is 5.40. The van der Waals surface area contributed by atoms with Crippen molar-refractivity contribution in [3.63, 3.8) is 0 Å². The van der Waals surface area contributed by atoms with Crippen molar-refractivity contribution in [3.8, 4) is 5.75 Å². The summed E-state index contributed by atoms with van der Waals surface area (Å²) < 4.78 is 5.66. The summed E-state index contributed by atoms with van der Waals surface area (Å²) in [6.45, 7) is 8.35. The lowest BCUT2D eigenvalue weighted by atomic mass is 10.2. The van der Waals surface area contributed by atoms with Gasteiger partial charge in [-0.1, -0.05) is 43.0 Å². The van der Waals surface area contributed by atoms with Crippen molar-refractivity contribution in [3.05, 3.63) is 66.3 Å². The minimum absolute atomic E-state index is 0.553. The Labute approximate surface area is 97.8 Å². The van der Waals surface area contributed by atoms with Gasteiger partial charge in [0, 0.05) is 0 Å². The zero-order valence-electron chi connectivity index (χ0n) is 9.94. The average Bonchev–Trinajstić information content (AvgIpc) is 2.29. The number of aryl methyl sites for hydroxylation is 1. The Hall–Kier alpha value is -1.76. The van der Waals surface area contributed by atoms with E-state index < -0.39 is 0 Å². The van der Waals surface area contributed by atoms with Gasteiger partial charge in [0.05, 0.1) is 0 Å². The second kappa shape index (κ2) is 6.67. The largest absolute Gasteiger partial charge is 0.489 e. The summed E-state index contributed by atoms with van der Waals surface area (Å²) in [6, 6.07) is 8.03. The van der Waals surface area contributed by atoms with Crippen LogP contribution >= 0.6 is 0 Å². The first kappa shape index (κ1) is 12.3. The summed E-state index contributed by atoms with van der Waals surface area (Å²) in [5.41, 5.74) is 2.27. The van der Waals surface area contributed by atoms with Crippen molar-refractivity contribution < 1.29 is 4.74 Å². The van der Waals surface area contributed by atoms with Crippen molar-refractivity contribution in [1.29, 1.82) is 0 Å². The molecule has 0 spiro atoms. The molecule has 1 rings (SSSR count). The van der Waals surface area contributed by atoms with Crippen LogP contribution in [0.4, 0.5) is 0 Å². The Kier molecular flexibility index (Phi) is 5.13. The topological polar surface area (TPSA) is 9.23 Å². The molecule has 0 fully saturated rings. The van der Waals surface area contributed by atoms with Crippen molar-refractivity contribution in [2.24, 2.45) is 0 Å². The van der Waals surface area contributed by atoms with E-state index in [0.29, 0.717) is 6.61 Å². The first-order valence-corrected chi connectivity index (χ1v) is 5.40. The smallest absolute Gasteiger partial charge is 0.120 e. The molecule has 0 saturated carbocycles. The predicted molar refractivity (Wildman–Crippen MR) is 69.8 cm³/mol. The van der Waals surface area contributed by atoms with Crippen LogP contribution in [0.5, 0.6) is 5.75 Å². The highest BCUT2D eigenvalue weighted by Crippen LogP contribution is 2.13. The fraction of sp³-hybridized carbons (Fsp3) is 0.200. The highest BCUT2D eigenvalue weighted by molar-refractivity contribution is 5.29. The Bertz CT molecular complexity index is 400. The molecule has 0 bridgehead atoms. The molecule has 16 heavy (non-hydrogen) atoms. The lowest BCUT2D eigenvalue weighted by Crippen LogP contribution is -1.99. The van der Waals surface area contributed by atoms with Gasteiger partial charge in [0.25, 0.3) is 0 Å². The van der Waals surface area contributed by atoms with Crippen molar-refractivity contribution in [2.75, 3.05) is 6.61 Å². The van der Waals surface area contributed by atoms with Crippen LogP contribution in [0.25, 0.3) is 0 Å². The third-order valence-electron chi connectivity index (χ3n) is 2.16. The van der Waals surface area contributed by atoms with Crippen LogP contribution < -0.4 is 4.74 Å². The monoisotopic (exact) mass is 214 g/mol. The van der Waals surface area contributed by atoms with E-state index in [1.54, 1.807) is 0 Å². The van der Waals surface area contributed by atoms with Gasteiger partial charge in [0.15, 0.2) is 0 Å². The van der Waals surface area contributed by atoms with Gasteiger partial charge in [-0.25, -0.2) is 0 Å². The van der Waals surface area contributed by atoms with E-state index in [9.17, 15) is 0 Å². The molecule has 0 atom stereocenters. The highest BCUT2D eigenvalue weighted by Gasteiger charge is 1.95. The molecule has 0 amide bonds. The number of benzene rings is 1. The maximum Gasteiger partial charge on any atom is 0.120 e. The van der Waals surface area contributed by atoms with E-state index in [2.05, 4.69) is 19.6 Å². The van der Waals surface area contributed by atoms with Crippen LogP contribution in [0, 0.1) is 6.92 Å². The van der Waals surface area contributed by atoms with Gasteiger partial charge in [-0.15, -0.1) is 0 Å². The normalized spacial score (nSPS) is 11.8. The quantitative estimate of drug-likeness (QED) is 0.671. The van der Waals surface area contributed by atoms with Gasteiger partial charge in [0.2, 0.25) is 0 Å². The van der Waals surface area contributed by atoms with Crippen LogP contribution in [0.1, 0.15) is 12.5 Å².